The Balaban J connectivity index is 2.83. The van der Waals surface area contributed by atoms with E-state index >= 15 is 0 Å². The van der Waals surface area contributed by atoms with Gasteiger partial charge in [0.05, 0.1) is 0 Å². The SMILES string of the molecule is Nc1cccc2cc(SO)cc(O)c12. The third kappa shape index (κ3) is 1.38. The van der Waals surface area contributed by atoms with Gasteiger partial charge in [0, 0.05) is 28.0 Å². The molecule has 0 heterocycles. The van der Waals surface area contributed by atoms with Gasteiger partial charge in [-0.25, -0.2) is 0 Å². The van der Waals surface area contributed by atoms with Gasteiger partial charge >= 0.3 is 0 Å². The minimum absolute atomic E-state index is 0.0946. The highest BCUT2D eigenvalue weighted by molar-refractivity contribution is 7.93. The van der Waals surface area contributed by atoms with Gasteiger partial charge in [0.25, 0.3) is 0 Å². The number of hydrogen-bond donors (Lipinski definition) is 3. The van der Waals surface area contributed by atoms with Gasteiger partial charge in [-0.3, -0.25) is 0 Å². The molecule has 0 atom stereocenters. The molecule has 0 fully saturated rings. The van der Waals surface area contributed by atoms with E-state index in [2.05, 4.69) is 0 Å². The summed E-state index contributed by atoms with van der Waals surface area (Å²) in [6, 6.07) is 8.64. The topological polar surface area (TPSA) is 66.5 Å². The average Bonchev–Trinajstić information content (AvgIpc) is 2.17. The first-order valence-electron chi connectivity index (χ1n) is 4.05. The fourth-order valence-electron chi connectivity index (χ4n) is 1.46. The Kier molecular flexibility index (Phi) is 2.23. The molecule has 0 spiro atoms. The molecule has 0 bridgehead atoms. The van der Waals surface area contributed by atoms with E-state index in [1.54, 1.807) is 12.1 Å². The Bertz CT molecular complexity index is 485. The molecule has 0 aliphatic heterocycles. The fourth-order valence-corrected chi connectivity index (χ4v) is 1.80. The van der Waals surface area contributed by atoms with E-state index in [0.29, 0.717) is 28.0 Å². The monoisotopic (exact) mass is 207 g/mol. The molecule has 0 saturated heterocycles. The molecule has 4 heteroatoms. The minimum Gasteiger partial charge on any atom is -0.507 e. The molecule has 0 radical (unpaired) electrons. The van der Waals surface area contributed by atoms with Crippen molar-refractivity contribution < 1.29 is 9.66 Å². The van der Waals surface area contributed by atoms with Gasteiger partial charge in [-0.15, -0.1) is 0 Å². The van der Waals surface area contributed by atoms with Crippen LogP contribution in [0.4, 0.5) is 5.69 Å². The summed E-state index contributed by atoms with van der Waals surface area (Å²) in [4.78, 5) is 0.598. The number of nitrogen functional groups attached to an aromatic ring is 1. The predicted octanol–water partition coefficient (Wildman–Crippen LogP) is 2.69. The van der Waals surface area contributed by atoms with E-state index in [-0.39, 0.29) is 5.75 Å². The minimum atomic E-state index is 0.0946. The van der Waals surface area contributed by atoms with Crippen LogP contribution in [0.2, 0.25) is 0 Å². The Labute approximate surface area is 85.4 Å². The highest BCUT2D eigenvalue weighted by Crippen LogP contribution is 2.33. The van der Waals surface area contributed by atoms with Crippen LogP contribution in [0.25, 0.3) is 10.8 Å². The number of hydrogen-bond acceptors (Lipinski definition) is 4. The summed E-state index contributed by atoms with van der Waals surface area (Å²) in [5.41, 5.74) is 6.26. The van der Waals surface area contributed by atoms with Crippen molar-refractivity contribution in [2.24, 2.45) is 0 Å². The second-order valence-electron chi connectivity index (χ2n) is 2.98. The number of nitrogens with two attached hydrogens (primary N) is 1. The van der Waals surface area contributed by atoms with Crippen molar-refractivity contribution in [1.29, 1.82) is 0 Å². The predicted molar refractivity (Wildman–Crippen MR) is 58.5 cm³/mol. The van der Waals surface area contributed by atoms with Crippen LogP contribution in [0.1, 0.15) is 0 Å². The average molecular weight is 207 g/mol. The highest BCUT2D eigenvalue weighted by Gasteiger charge is 2.05. The van der Waals surface area contributed by atoms with Gasteiger partial charge in [-0.05, 0) is 23.6 Å². The first kappa shape index (κ1) is 9.18. The number of phenols is 1. The molecule has 0 amide bonds. The number of anilines is 1. The van der Waals surface area contributed by atoms with Crippen LogP contribution in [0.5, 0.6) is 5.75 Å². The zero-order valence-corrected chi connectivity index (χ0v) is 8.08. The van der Waals surface area contributed by atoms with Gasteiger partial charge in [0.1, 0.15) is 5.75 Å². The van der Waals surface area contributed by atoms with Gasteiger partial charge in [-0.1, -0.05) is 12.1 Å². The van der Waals surface area contributed by atoms with Crippen LogP contribution >= 0.6 is 12.0 Å². The first-order chi connectivity index (χ1) is 6.72. The lowest BCUT2D eigenvalue weighted by atomic mass is 10.1. The third-order valence-corrected chi connectivity index (χ3v) is 2.51. The third-order valence-electron chi connectivity index (χ3n) is 2.07. The molecule has 4 N–H and O–H groups in total. The van der Waals surface area contributed by atoms with Crippen molar-refractivity contribution >= 4 is 28.5 Å². The molecule has 2 rings (SSSR count). The zero-order chi connectivity index (χ0) is 10.1. The Hall–Kier alpha value is -1.39. The van der Waals surface area contributed by atoms with Crippen LogP contribution < -0.4 is 5.73 Å². The molecule has 0 aromatic heterocycles. The summed E-state index contributed by atoms with van der Waals surface area (Å²) in [6.45, 7) is 0. The Morgan fingerprint density at radius 3 is 2.71 bits per heavy atom. The first-order valence-corrected chi connectivity index (χ1v) is 4.82. The van der Waals surface area contributed by atoms with Crippen molar-refractivity contribution in [1.82, 2.24) is 0 Å². The van der Waals surface area contributed by atoms with Crippen LogP contribution in [0.3, 0.4) is 0 Å². The van der Waals surface area contributed by atoms with Crippen molar-refractivity contribution in [3.05, 3.63) is 30.3 Å². The molecule has 0 saturated carbocycles. The van der Waals surface area contributed by atoms with Crippen molar-refractivity contribution in [3.63, 3.8) is 0 Å². The van der Waals surface area contributed by atoms with Gasteiger partial charge in [0.15, 0.2) is 0 Å². The quantitative estimate of drug-likeness (QED) is 0.497. The van der Waals surface area contributed by atoms with Crippen molar-refractivity contribution in [2.45, 2.75) is 4.90 Å². The van der Waals surface area contributed by atoms with Gasteiger partial charge < -0.3 is 15.4 Å². The van der Waals surface area contributed by atoms with E-state index in [9.17, 15) is 5.11 Å². The van der Waals surface area contributed by atoms with Crippen LogP contribution in [-0.2, 0) is 0 Å². The van der Waals surface area contributed by atoms with E-state index in [0.717, 1.165) is 5.39 Å². The molecule has 72 valence electrons. The molecule has 14 heavy (non-hydrogen) atoms. The number of fused-ring (bicyclic) bond motifs is 1. The van der Waals surface area contributed by atoms with Gasteiger partial charge in [0.2, 0.25) is 0 Å². The van der Waals surface area contributed by atoms with Crippen molar-refractivity contribution in [3.8, 4) is 5.75 Å². The van der Waals surface area contributed by atoms with E-state index in [4.69, 9.17) is 10.3 Å². The number of phenolic OH excluding ortho intramolecular Hbond substituents is 1. The number of aromatic hydroxyl groups is 1. The second kappa shape index (κ2) is 3.40. The maximum absolute atomic E-state index is 9.66. The molecule has 2 aromatic rings. The summed E-state index contributed by atoms with van der Waals surface area (Å²) >= 11 is 0.603. The summed E-state index contributed by atoms with van der Waals surface area (Å²) in [6.07, 6.45) is 0. The molecule has 0 aliphatic carbocycles. The molecule has 2 aromatic carbocycles. The lowest BCUT2D eigenvalue weighted by Crippen LogP contribution is -1.87. The molecule has 0 unspecified atom stereocenters. The molecular weight excluding hydrogens is 198 g/mol. The maximum Gasteiger partial charge on any atom is 0.126 e. The second-order valence-corrected chi connectivity index (χ2v) is 3.63. The zero-order valence-electron chi connectivity index (χ0n) is 7.27. The van der Waals surface area contributed by atoms with Crippen molar-refractivity contribution in [2.75, 3.05) is 5.73 Å². The van der Waals surface area contributed by atoms with E-state index < -0.39 is 0 Å². The Morgan fingerprint density at radius 1 is 1.21 bits per heavy atom. The molecule has 0 aliphatic rings. The van der Waals surface area contributed by atoms with Crippen LogP contribution in [0.15, 0.2) is 35.2 Å². The standard InChI is InChI=1S/C10H9NO2S/c11-8-3-1-2-6-4-7(14-13)5-9(12)10(6)8/h1-5,12-13H,11H2. The van der Waals surface area contributed by atoms with Crippen LogP contribution in [0, 0.1) is 0 Å². The lowest BCUT2D eigenvalue weighted by molar-refractivity contribution is 0.480. The maximum atomic E-state index is 9.66. The lowest BCUT2D eigenvalue weighted by Gasteiger charge is -2.05. The van der Waals surface area contributed by atoms with Crippen LogP contribution in [-0.4, -0.2) is 9.66 Å². The summed E-state index contributed by atoms with van der Waals surface area (Å²) in [5, 5.41) is 11.1. The largest absolute Gasteiger partial charge is 0.507 e. The number of rotatable bonds is 1. The molecule has 3 nitrogen and oxygen atoms in total. The fraction of sp³-hybridized carbons (Fsp3) is 0. The van der Waals surface area contributed by atoms with E-state index in [1.807, 2.05) is 12.1 Å². The summed E-state index contributed by atoms with van der Waals surface area (Å²) in [7, 11) is 0. The normalized spacial score (nSPS) is 10.6. The number of benzene rings is 2. The summed E-state index contributed by atoms with van der Waals surface area (Å²) < 4.78 is 8.87. The smallest absolute Gasteiger partial charge is 0.126 e. The van der Waals surface area contributed by atoms with E-state index in [1.165, 1.54) is 6.07 Å². The highest BCUT2D eigenvalue weighted by atomic mass is 32.2. The summed E-state index contributed by atoms with van der Waals surface area (Å²) in [5.74, 6) is 0.0946. The van der Waals surface area contributed by atoms with Gasteiger partial charge in [-0.2, -0.15) is 0 Å². The molecular formula is C10H9NO2S. The Morgan fingerprint density at radius 2 is 2.00 bits per heavy atom.